The lowest BCUT2D eigenvalue weighted by Gasteiger charge is -2.16. The second kappa shape index (κ2) is 6.37. The van der Waals surface area contributed by atoms with Gasteiger partial charge in [-0.1, -0.05) is 35.8 Å². The van der Waals surface area contributed by atoms with Crippen LogP contribution in [0.25, 0.3) is 0 Å². The summed E-state index contributed by atoms with van der Waals surface area (Å²) in [6.45, 7) is 4.28. The van der Waals surface area contributed by atoms with E-state index in [0.717, 1.165) is 15.8 Å². The maximum absolute atomic E-state index is 13.7. The molecule has 0 aliphatic carbocycles. The van der Waals surface area contributed by atoms with Crippen molar-refractivity contribution in [2.75, 3.05) is 0 Å². The highest BCUT2D eigenvalue weighted by Gasteiger charge is 2.13. The Kier molecular flexibility index (Phi) is 4.78. The van der Waals surface area contributed by atoms with Crippen LogP contribution in [-0.4, -0.2) is 0 Å². The minimum Gasteiger partial charge on any atom is -0.457 e. The molecule has 2 N–H and O–H groups in total. The van der Waals surface area contributed by atoms with Crippen molar-refractivity contribution < 1.29 is 9.13 Å². The second-order valence-electron chi connectivity index (χ2n) is 4.86. The molecule has 0 spiro atoms. The van der Waals surface area contributed by atoms with Gasteiger partial charge in [0.25, 0.3) is 0 Å². The molecule has 2 aromatic rings. The van der Waals surface area contributed by atoms with E-state index in [4.69, 9.17) is 10.5 Å². The molecule has 0 radical (unpaired) electrons. The van der Waals surface area contributed by atoms with Crippen LogP contribution in [0.2, 0.25) is 0 Å². The minimum atomic E-state index is -0.340. The van der Waals surface area contributed by atoms with E-state index in [9.17, 15) is 4.39 Å². The van der Waals surface area contributed by atoms with Gasteiger partial charge in [-0.3, -0.25) is 0 Å². The molecule has 2 aromatic carbocycles. The summed E-state index contributed by atoms with van der Waals surface area (Å²) in [6.07, 6.45) is 0. The van der Waals surface area contributed by atoms with Crippen LogP contribution in [0, 0.1) is 5.82 Å². The van der Waals surface area contributed by atoms with Gasteiger partial charge in [-0.2, -0.15) is 0 Å². The molecule has 0 saturated carbocycles. The maximum Gasteiger partial charge on any atom is 0.134 e. The first kappa shape index (κ1) is 15.0. The lowest BCUT2D eigenvalue weighted by atomic mass is 10.0. The summed E-state index contributed by atoms with van der Waals surface area (Å²) in [5.41, 5.74) is 7.05. The summed E-state index contributed by atoms with van der Waals surface area (Å²) in [5, 5.41) is 0. The summed E-state index contributed by atoms with van der Waals surface area (Å²) >= 11 is 3.45. The first-order chi connectivity index (χ1) is 9.52. The van der Waals surface area contributed by atoms with Crippen molar-refractivity contribution in [1.29, 1.82) is 0 Å². The molecule has 0 fully saturated rings. The fourth-order valence-corrected chi connectivity index (χ4v) is 2.39. The van der Waals surface area contributed by atoms with Gasteiger partial charge in [0.15, 0.2) is 0 Å². The zero-order valence-corrected chi connectivity index (χ0v) is 13.1. The first-order valence-electron chi connectivity index (χ1n) is 6.47. The Morgan fingerprint density at radius 1 is 1.20 bits per heavy atom. The van der Waals surface area contributed by atoms with E-state index >= 15 is 0 Å². The van der Waals surface area contributed by atoms with Gasteiger partial charge in [0.1, 0.15) is 17.3 Å². The molecular formula is C16H17BrFNO. The Morgan fingerprint density at radius 2 is 1.95 bits per heavy atom. The van der Waals surface area contributed by atoms with Crippen molar-refractivity contribution in [2.45, 2.75) is 26.3 Å². The predicted molar refractivity (Wildman–Crippen MR) is 82.6 cm³/mol. The van der Waals surface area contributed by atoms with E-state index in [0.29, 0.717) is 17.2 Å². The van der Waals surface area contributed by atoms with Crippen molar-refractivity contribution >= 4 is 15.9 Å². The molecule has 0 unspecified atom stereocenters. The summed E-state index contributed by atoms with van der Waals surface area (Å²) in [7, 11) is 0. The van der Waals surface area contributed by atoms with Crippen LogP contribution in [0.1, 0.15) is 30.9 Å². The quantitative estimate of drug-likeness (QED) is 0.855. The van der Waals surface area contributed by atoms with E-state index in [2.05, 4.69) is 29.8 Å². The largest absolute Gasteiger partial charge is 0.457 e. The summed E-state index contributed by atoms with van der Waals surface area (Å²) in [6, 6.07) is 10.5. The molecule has 2 nitrogen and oxygen atoms in total. The van der Waals surface area contributed by atoms with Gasteiger partial charge in [0.2, 0.25) is 0 Å². The fraction of sp³-hybridized carbons (Fsp3) is 0.250. The van der Waals surface area contributed by atoms with E-state index in [1.54, 1.807) is 12.1 Å². The van der Waals surface area contributed by atoms with Gasteiger partial charge in [0.05, 0.1) is 0 Å². The fourth-order valence-electron chi connectivity index (χ4n) is 2.01. The van der Waals surface area contributed by atoms with E-state index < -0.39 is 0 Å². The highest BCUT2D eigenvalue weighted by Crippen LogP contribution is 2.34. The SMILES string of the molecule is CC(C)c1cc(Br)ccc1Oc1cccc(F)c1CN. The van der Waals surface area contributed by atoms with Crippen LogP contribution in [0.15, 0.2) is 40.9 Å². The lowest BCUT2D eigenvalue weighted by molar-refractivity contribution is 0.459. The van der Waals surface area contributed by atoms with Crippen LogP contribution in [0.4, 0.5) is 4.39 Å². The summed E-state index contributed by atoms with van der Waals surface area (Å²) in [4.78, 5) is 0. The van der Waals surface area contributed by atoms with Crippen LogP contribution in [0.3, 0.4) is 0 Å². The van der Waals surface area contributed by atoms with Crippen molar-refractivity contribution in [3.63, 3.8) is 0 Å². The van der Waals surface area contributed by atoms with Gasteiger partial charge >= 0.3 is 0 Å². The molecule has 0 heterocycles. The third-order valence-corrected chi connectivity index (χ3v) is 3.59. The Hall–Kier alpha value is -1.39. The van der Waals surface area contributed by atoms with Crippen LogP contribution < -0.4 is 10.5 Å². The van der Waals surface area contributed by atoms with E-state index in [1.165, 1.54) is 6.07 Å². The van der Waals surface area contributed by atoms with Crippen molar-refractivity contribution in [3.8, 4) is 11.5 Å². The molecule has 0 bridgehead atoms. The maximum atomic E-state index is 13.7. The van der Waals surface area contributed by atoms with Gasteiger partial charge < -0.3 is 10.5 Å². The average Bonchev–Trinajstić information content (AvgIpc) is 2.41. The summed E-state index contributed by atoms with van der Waals surface area (Å²) < 4.78 is 20.6. The number of halogens is 2. The third kappa shape index (κ3) is 3.19. The van der Waals surface area contributed by atoms with Crippen LogP contribution in [-0.2, 0) is 6.54 Å². The molecule has 20 heavy (non-hydrogen) atoms. The predicted octanol–water partition coefficient (Wildman–Crippen LogP) is 4.96. The molecule has 0 aromatic heterocycles. The second-order valence-corrected chi connectivity index (χ2v) is 5.78. The highest BCUT2D eigenvalue weighted by molar-refractivity contribution is 9.10. The van der Waals surface area contributed by atoms with Crippen LogP contribution in [0.5, 0.6) is 11.5 Å². The first-order valence-corrected chi connectivity index (χ1v) is 7.27. The molecule has 0 atom stereocenters. The number of rotatable bonds is 4. The molecule has 4 heteroatoms. The highest BCUT2D eigenvalue weighted by atomic mass is 79.9. The van der Waals surface area contributed by atoms with E-state index in [-0.39, 0.29) is 12.4 Å². The topological polar surface area (TPSA) is 35.2 Å². The third-order valence-electron chi connectivity index (χ3n) is 3.09. The van der Waals surface area contributed by atoms with Crippen LogP contribution >= 0.6 is 15.9 Å². The summed E-state index contributed by atoms with van der Waals surface area (Å²) in [5.74, 6) is 1.16. The van der Waals surface area contributed by atoms with Gasteiger partial charge in [-0.25, -0.2) is 4.39 Å². The smallest absolute Gasteiger partial charge is 0.134 e. The molecule has 0 saturated heterocycles. The monoisotopic (exact) mass is 337 g/mol. The normalized spacial score (nSPS) is 10.9. The number of ether oxygens (including phenoxy) is 1. The number of nitrogens with two attached hydrogens (primary N) is 1. The zero-order chi connectivity index (χ0) is 14.7. The van der Waals surface area contributed by atoms with Crippen molar-refractivity contribution in [1.82, 2.24) is 0 Å². The Labute approximate surface area is 126 Å². The van der Waals surface area contributed by atoms with Gasteiger partial charge in [-0.05, 0) is 41.8 Å². The van der Waals surface area contributed by atoms with E-state index in [1.807, 2.05) is 18.2 Å². The van der Waals surface area contributed by atoms with Gasteiger partial charge in [0, 0.05) is 16.6 Å². The molecule has 0 amide bonds. The Balaban J connectivity index is 2.42. The minimum absolute atomic E-state index is 0.107. The standard InChI is InChI=1S/C16H17BrFNO/c1-10(2)12-8-11(17)6-7-16(12)20-15-5-3-4-14(18)13(15)9-19/h3-8,10H,9,19H2,1-2H3. The molecular weight excluding hydrogens is 321 g/mol. The molecule has 0 aliphatic heterocycles. The molecule has 0 aliphatic rings. The number of hydrogen-bond acceptors (Lipinski definition) is 2. The van der Waals surface area contributed by atoms with Crippen molar-refractivity contribution in [2.24, 2.45) is 5.73 Å². The van der Waals surface area contributed by atoms with Gasteiger partial charge in [-0.15, -0.1) is 0 Å². The molecule has 2 rings (SSSR count). The van der Waals surface area contributed by atoms with Crippen molar-refractivity contribution in [3.05, 3.63) is 57.8 Å². The lowest BCUT2D eigenvalue weighted by Crippen LogP contribution is -2.03. The molecule has 106 valence electrons. The Morgan fingerprint density at radius 3 is 2.60 bits per heavy atom. The Bertz CT molecular complexity index is 613. The zero-order valence-electron chi connectivity index (χ0n) is 11.5. The average molecular weight is 338 g/mol. The number of benzene rings is 2. The number of hydrogen-bond donors (Lipinski definition) is 1.